The van der Waals surface area contributed by atoms with E-state index in [0.29, 0.717) is 40.5 Å². The number of rotatable bonds is 9. The molecular weight excluding hydrogens is 436 g/mol. The number of nitrogens with zero attached hydrogens (tertiary/aromatic N) is 5. The number of ether oxygens (including phenoxy) is 1. The Hall–Kier alpha value is -3.11. The number of nitrogens with two attached hydrogens (primary N) is 1. The number of anilines is 1. The number of hydrogen-bond donors (Lipinski definition) is 1. The third-order valence-electron chi connectivity index (χ3n) is 5.63. The monoisotopic (exact) mass is 464 g/mol. The predicted octanol–water partition coefficient (Wildman–Crippen LogP) is 2.47. The van der Waals surface area contributed by atoms with E-state index in [-0.39, 0.29) is 0 Å². The lowest BCUT2D eigenvalue weighted by atomic mass is 10.0. The van der Waals surface area contributed by atoms with Gasteiger partial charge < -0.3 is 15.4 Å². The average molecular weight is 465 g/mol. The van der Waals surface area contributed by atoms with Crippen LogP contribution < -0.4 is 10.6 Å². The molecule has 172 valence electrons. The molecule has 0 radical (unpaired) electrons. The van der Waals surface area contributed by atoms with E-state index in [1.54, 1.807) is 0 Å². The number of aromatic nitrogens is 1. The second-order valence-electron chi connectivity index (χ2n) is 7.73. The van der Waals surface area contributed by atoms with Crippen molar-refractivity contribution in [2.24, 2.45) is 5.73 Å². The summed E-state index contributed by atoms with van der Waals surface area (Å²) in [5.41, 5.74) is 7.82. The molecule has 8 nitrogen and oxygen atoms in total. The van der Waals surface area contributed by atoms with Crippen molar-refractivity contribution in [2.75, 3.05) is 51.3 Å². The first kappa shape index (κ1) is 24.5. The van der Waals surface area contributed by atoms with Gasteiger partial charge in [0.25, 0.3) is 0 Å². The molecule has 0 aliphatic carbocycles. The fraction of sp³-hybridized carbons (Fsp3) is 0.417. The van der Waals surface area contributed by atoms with E-state index >= 15 is 0 Å². The van der Waals surface area contributed by atoms with Gasteiger partial charge in [-0.2, -0.15) is 10.5 Å². The van der Waals surface area contributed by atoms with Crippen LogP contribution in [0.15, 0.2) is 35.4 Å². The summed E-state index contributed by atoms with van der Waals surface area (Å²) in [6.45, 7) is 6.57. The highest BCUT2D eigenvalue weighted by Crippen LogP contribution is 2.39. The number of likely N-dealkylation sites (N-methyl/N-ethyl adjacent to an activating group) is 1. The molecule has 0 saturated carbocycles. The van der Waals surface area contributed by atoms with Gasteiger partial charge >= 0.3 is 0 Å². The fourth-order valence-electron chi connectivity index (χ4n) is 3.80. The molecule has 1 aromatic carbocycles. The summed E-state index contributed by atoms with van der Waals surface area (Å²) in [6.07, 6.45) is 0.499. The molecule has 1 aliphatic heterocycles. The Balaban J connectivity index is 1.98. The van der Waals surface area contributed by atoms with E-state index < -0.39 is 11.2 Å². The molecular formula is C24H28N6O2S. The molecule has 2 N–H and O–H groups in total. The van der Waals surface area contributed by atoms with Crippen LogP contribution in [0.3, 0.4) is 0 Å². The number of carbonyl (C=O) groups is 1. The zero-order valence-corrected chi connectivity index (χ0v) is 19.8. The zero-order valence-electron chi connectivity index (χ0n) is 19.0. The summed E-state index contributed by atoms with van der Waals surface area (Å²) in [5.74, 6) is 0.00177. The van der Waals surface area contributed by atoms with Gasteiger partial charge in [-0.3, -0.25) is 9.69 Å². The van der Waals surface area contributed by atoms with Gasteiger partial charge in [-0.05, 0) is 17.5 Å². The number of nitriles is 2. The standard InChI is InChI=1S/C24H28N6O2S/c1-3-18-19(15-25)23(29(2)9-10-30-11-13-32-14-12-30)28-24(20(18)16-26)33-21(22(27)31)17-7-5-4-6-8-17/h4-8,21H,3,9-14H2,1-2H3,(H2,27,31). The molecule has 2 heterocycles. The first-order valence-corrected chi connectivity index (χ1v) is 11.8. The van der Waals surface area contributed by atoms with Crippen molar-refractivity contribution in [1.29, 1.82) is 10.5 Å². The number of thioether (sulfide) groups is 1. The average Bonchev–Trinajstić information content (AvgIpc) is 2.85. The highest BCUT2D eigenvalue weighted by atomic mass is 32.2. The van der Waals surface area contributed by atoms with Gasteiger partial charge in [0.15, 0.2) is 0 Å². The second kappa shape index (κ2) is 11.7. The number of morpholine rings is 1. The molecule has 1 atom stereocenters. The molecule has 9 heteroatoms. The summed E-state index contributed by atoms with van der Waals surface area (Å²) in [4.78, 5) is 21.3. The Morgan fingerprint density at radius 1 is 1.24 bits per heavy atom. The lowest BCUT2D eigenvalue weighted by Gasteiger charge is -2.29. The van der Waals surface area contributed by atoms with E-state index in [9.17, 15) is 15.3 Å². The van der Waals surface area contributed by atoms with E-state index in [0.717, 1.165) is 50.2 Å². The van der Waals surface area contributed by atoms with Crippen molar-refractivity contribution < 1.29 is 9.53 Å². The topological polar surface area (TPSA) is 119 Å². The van der Waals surface area contributed by atoms with E-state index in [1.807, 2.05) is 49.2 Å². The van der Waals surface area contributed by atoms with Gasteiger partial charge in [-0.1, -0.05) is 49.0 Å². The van der Waals surface area contributed by atoms with Crippen molar-refractivity contribution in [3.05, 3.63) is 52.6 Å². The van der Waals surface area contributed by atoms with E-state index in [1.165, 1.54) is 0 Å². The van der Waals surface area contributed by atoms with Crippen molar-refractivity contribution in [1.82, 2.24) is 9.88 Å². The molecule has 3 rings (SSSR count). The van der Waals surface area contributed by atoms with Crippen molar-refractivity contribution in [2.45, 2.75) is 23.6 Å². The quantitative estimate of drug-likeness (QED) is 0.562. The summed E-state index contributed by atoms with van der Waals surface area (Å²) < 4.78 is 5.41. The maximum atomic E-state index is 12.3. The molecule has 1 aliphatic rings. The molecule has 1 amide bonds. The van der Waals surface area contributed by atoms with Crippen LogP contribution in [0.4, 0.5) is 5.82 Å². The minimum atomic E-state index is -0.699. The van der Waals surface area contributed by atoms with E-state index in [2.05, 4.69) is 17.0 Å². The smallest absolute Gasteiger partial charge is 0.235 e. The van der Waals surface area contributed by atoms with Gasteiger partial charge in [0, 0.05) is 33.2 Å². The molecule has 1 fully saturated rings. The largest absolute Gasteiger partial charge is 0.379 e. The first-order valence-electron chi connectivity index (χ1n) is 10.9. The van der Waals surface area contributed by atoms with Gasteiger partial charge in [-0.15, -0.1) is 0 Å². The maximum absolute atomic E-state index is 12.3. The Bertz CT molecular complexity index is 1060. The molecule has 0 bridgehead atoms. The summed E-state index contributed by atoms with van der Waals surface area (Å²) in [6, 6.07) is 13.7. The summed E-state index contributed by atoms with van der Waals surface area (Å²) >= 11 is 1.16. The lowest BCUT2D eigenvalue weighted by Crippen LogP contribution is -2.41. The number of pyridine rings is 1. The van der Waals surface area contributed by atoms with Crippen LogP contribution in [0.25, 0.3) is 0 Å². The number of carbonyl (C=O) groups excluding carboxylic acids is 1. The molecule has 0 spiro atoms. The number of benzene rings is 1. The number of amides is 1. The van der Waals surface area contributed by atoms with Gasteiger partial charge in [0.2, 0.25) is 5.91 Å². The van der Waals surface area contributed by atoms with Crippen molar-refractivity contribution >= 4 is 23.5 Å². The second-order valence-corrected chi connectivity index (χ2v) is 8.83. The van der Waals surface area contributed by atoms with Gasteiger partial charge in [-0.25, -0.2) is 4.98 Å². The minimum absolute atomic E-state index is 0.326. The molecule has 1 saturated heterocycles. The van der Waals surface area contributed by atoms with Gasteiger partial charge in [0.05, 0.1) is 24.3 Å². The summed E-state index contributed by atoms with van der Waals surface area (Å²) in [5, 5.41) is 19.5. The third kappa shape index (κ3) is 5.82. The van der Waals surface area contributed by atoms with Crippen LogP contribution in [0.1, 0.15) is 34.4 Å². The Kier molecular flexibility index (Phi) is 8.67. The third-order valence-corrected chi connectivity index (χ3v) is 6.89. The molecule has 2 aromatic rings. The van der Waals surface area contributed by atoms with Crippen molar-refractivity contribution in [3.8, 4) is 12.1 Å². The van der Waals surface area contributed by atoms with Crippen LogP contribution >= 0.6 is 11.8 Å². The number of primary amides is 1. The Labute approximate surface area is 198 Å². The zero-order chi connectivity index (χ0) is 23.8. The van der Waals surface area contributed by atoms with Gasteiger partial charge in [0.1, 0.15) is 28.2 Å². The Morgan fingerprint density at radius 2 is 1.91 bits per heavy atom. The fourth-order valence-corrected chi connectivity index (χ4v) is 4.86. The van der Waals surface area contributed by atoms with Crippen LogP contribution in [0.2, 0.25) is 0 Å². The first-order chi connectivity index (χ1) is 16.0. The minimum Gasteiger partial charge on any atom is -0.379 e. The van der Waals surface area contributed by atoms with Crippen LogP contribution in [-0.2, 0) is 16.0 Å². The molecule has 1 aromatic heterocycles. The molecule has 1 unspecified atom stereocenters. The lowest BCUT2D eigenvalue weighted by molar-refractivity contribution is -0.117. The SMILES string of the molecule is CCc1c(C#N)c(SC(C(N)=O)c2ccccc2)nc(N(C)CCN2CCOCC2)c1C#N. The molecule has 33 heavy (non-hydrogen) atoms. The van der Waals surface area contributed by atoms with E-state index in [4.69, 9.17) is 15.5 Å². The Morgan fingerprint density at radius 3 is 2.48 bits per heavy atom. The van der Waals surface area contributed by atoms with Crippen LogP contribution in [0.5, 0.6) is 0 Å². The normalized spacial score (nSPS) is 14.8. The number of hydrogen-bond acceptors (Lipinski definition) is 8. The maximum Gasteiger partial charge on any atom is 0.235 e. The highest BCUT2D eigenvalue weighted by Gasteiger charge is 2.26. The summed E-state index contributed by atoms with van der Waals surface area (Å²) in [7, 11) is 1.90. The van der Waals surface area contributed by atoms with Crippen LogP contribution in [-0.4, -0.2) is 62.2 Å². The van der Waals surface area contributed by atoms with Crippen LogP contribution in [0, 0.1) is 22.7 Å². The predicted molar refractivity (Wildman–Crippen MR) is 128 cm³/mol. The highest BCUT2D eigenvalue weighted by molar-refractivity contribution is 8.00. The van der Waals surface area contributed by atoms with Crippen molar-refractivity contribution in [3.63, 3.8) is 0 Å².